The average Bonchev–Trinajstić information content (AvgIpc) is 3.04. The lowest BCUT2D eigenvalue weighted by molar-refractivity contribution is 0.194. The van der Waals surface area contributed by atoms with Crippen molar-refractivity contribution in [1.29, 1.82) is 0 Å². The Kier molecular flexibility index (Phi) is 5.65. The Morgan fingerprint density at radius 2 is 1.65 bits per heavy atom. The molecule has 1 aromatic carbocycles. The Balaban J connectivity index is 1.40. The van der Waals surface area contributed by atoms with Gasteiger partial charge in [0, 0.05) is 26.1 Å². The van der Waals surface area contributed by atoms with E-state index in [4.69, 9.17) is 0 Å². The number of rotatable bonds is 5. The molecule has 5 nitrogen and oxygen atoms in total. The number of aromatic nitrogens is 3. The third-order valence-electron chi connectivity index (χ3n) is 5.93. The van der Waals surface area contributed by atoms with Crippen LogP contribution in [0.3, 0.4) is 0 Å². The van der Waals surface area contributed by atoms with Gasteiger partial charge in [0.05, 0.1) is 6.54 Å². The van der Waals surface area contributed by atoms with Crippen molar-refractivity contribution >= 4 is 0 Å². The second kappa shape index (κ2) is 8.31. The van der Waals surface area contributed by atoms with Crippen LogP contribution in [0.2, 0.25) is 0 Å². The molecule has 2 aromatic rings. The van der Waals surface area contributed by atoms with Gasteiger partial charge in [-0.15, -0.1) is 10.2 Å². The summed E-state index contributed by atoms with van der Waals surface area (Å²) < 4.78 is 2.27. The number of hydrogen-bond acceptors (Lipinski definition) is 4. The van der Waals surface area contributed by atoms with Gasteiger partial charge in [-0.3, -0.25) is 9.80 Å². The standard InChI is InChI=1S/C21H31N5/c1-24-20(17-25-12-6-3-7-13-25)22-23-21(24)19-11-8-14-26(16-19)15-18-9-4-2-5-10-18/h2,4-5,9-10,19H,3,6-8,11-17H2,1H3/t19-/m1/s1. The van der Waals surface area contributed by atoms with E-state index in [9.17, 15) is 0 Å². The van der Waals surface area contributed by atoms with Gasteiger partial charge in [-0.05, 0) is 50.9 Å². The van der Waals surface area contributed by atoms with E-state index in [1.807, 2.05) is 0 Å². The molecule has 5 heteroatoms. The third kappa shape index (κ3) is 4.15. The molecule has 0 spiro atoms. The van der Waals surface area contributed by atoms with Crippen LogP contribution < -0.4 is 0 Å². The van der Waals surface area contributed by atoms with E-state index >= 15 is 0 Å². The molecule has 0 bridgehead atoms. The summed E-state index contributed by atoms with van der Waals surface area (Å²) in [6.07, 6.45) is 6.48. The van der Waals surface area contributed by atoms with E-state index in [-0.39, 0.29) is 0 Å². The first-order valence-electron chi connectivity index (χ1n) is 10.2. The van der Waals surface area contributed by atoms with Gasteiger partial charge >= 0.3 is 0 Å². The van der Waals surface area contributed by atoms with Gasteiger partial charge < -0.3 is 4.57 Å². The molecular formula is C21H31N5. The molecule has 2 aliphatic rings. The molecule has 0 radical (unpaired) electrons. The number of likely N-dealkylation sites (tertiary alicyclic amines) is 2. The monoisotopic (exact) mass is 353 g/mol. The van der Waals surface area contributed by atoms with Crippen LogP contribution in [0.15, 0.2) is 30.3 Å². The zero-order valence-electron chi connectivity index (χ0n) is 16.0. The lowest BCUT2D eigenvalue weighted by Gasteiger charge is -2.32. The molecule has 0 amide bonds. The van der Waals surface area contributed by atoms with Gasteiger partial charge in [0.25, 0.3) is 0 Å². The highest BCUT2D eigenvalue weighted by atomic mass is 15.3. The maximum Gasteiger partial charge on any atom is 0.146 e. The van der Waals surface area contributed by atoms with E-state index in [1.165, 1.54) is 63.1 Å². The van der Waals surface area contributed by atoms with E-state index in [0.717, 1.165) is 25.5 Å². The molecule has 1 aromatic heterocycles. The molecule has 1 atom stereocenters. The van der Waals surface area contributed by atoms with Gasteiger partial charge in [0.2, 0.25) is 0 Å². The molecule has 4 rings (SSSR count). The summed E-state index contributed by atoms with van der Waals surface area (Å²) in [6.45, 7) is 6.67. The van der Waals surface area contributed by atoms with Crippen molar-refractivity contribution in [2.75, 3.05) is 26.2 Å². The molecule has 26 heavy (non-hydrogen) atoms. The molecule has 0 N–H and O–H groups in total. The molecular weight excluding hydrogens is 322 g/mol. The van der Waals surface area contributed by atoms with Gasteiger partial charge in [-0.1, -0.05) is 36.8 Å². The summed E-state index contributed by atoms with van der Waals surface area (Å²) in [5.41, 5.74) is 1.40. The summed E-state index contributed by atoms with van der Waals surface area (Å²) in [5, 5.41) is 9.15. The van der Waals surface area contributed by atoms with E-state index in [0.29, 0.717) is 5.92 Å². The van der Waals surface area contributed by atoms with Crippen LogP contribution in [0, 0.1) is 0 Å². The van der Waals surface area contributed by atoms with Crippen LogP contribution in [0.4, 0.5) is 0 Å². The highest BCUT2D eigenvalue weighted by Crippen LogP contribution is 2.27. The molecule has 2 fully saturated rings. The van der Waals surface area contributed by atoms with Gasteiger partial charge in [-0.2, -0.15) is 0 Å². The molecule has 0 unspecified atom stereocenters. The zero-order chi connectivity index (χ0) is 17.8. The summed E-state index contributed by atoms with van der Waals surface area (Å²) in [5.74, 6) is 2.80. The van der Waals surface area contributed by atoms with Crippen LogP contribution in [0.1, 0.15) is 55.2 Å². The van der Waals surface area contributed by atoms with Crippen molar-refractivity contribution in [3.8, 4) is 0 Å². The highest BCUT2D eigenvalue weighted by Gasteiger charge is 2.26. The molecule has 0 aliphatic carbocycles. The van der Waals surface area contributed by atoms with Crippen molar-refractivity contribution in [2.24, 2.45) is 7.05 Å². The maximum absolute atomic E-state index is 4.61. The van der Waals surface area contributed by atoms with Crippen molar-refractivity contribution in [3.63, 3.8) is 0 Å². The smallest absolute Gasteiger partial charge is 0.146 e. The Bertz CT molecular complexity index is 690. The normalized spacial score (nSPS) is 22.6. The van der Waals surface area contributed by atoms with Crippen molar-refractivity contribution in [1.82, 2.24) is 24.6 Å². The number of hydrogen-bond donors (Lipinski definition) is 0. The van der Waals surface area contributed by atoms with E-state index in [2.05, 4.69) is 61.9 Å². The Labute approximate surface area is 157 Å². The van der Waals surface area contributed by atoms with Gasteiger partial charge in [0.15, 0.2) is 0 Å². The Morgan fingerprint density at radius 3 is 2.46 bits per heavy atom. The van der Waals surface area contributed by atoms with Gasteiger partial charge in [-0.25, -0.2) is 0 Å². The number of benzene rings is 1. The van der Waals surface area contributed by atoms with Crippen molar-refractivity contribution in [3.05, 3.63) is 47.5 Å². The number of nitrogens with zero attached hydrogens (tertiary/aromatic N) is 5. The van der Waals surface area contributed by atoms with E-state index < -0.39 is 0 Å². The fraction of sp³-hybridized carbons (Fsp3) is 0.619. The average molecular weight is 354 g/mol. The second-order valence-electron chi connectivity index (χ2n) is 7.93. The second-order valence-corrected chi connectivity index (χ2v) is 7.93. The fourth-order valence-corrected chi connectivity index (χ4v) is 4.44. The first-order valence-corrected chi connectivity index (χ1v) is 10.2. The minimum Gasteiger partial charge on any atom is -0.317 e. The predicted molar refractivity (Wildman–Crippen MR) is 104 cm³/mol. The SMILES string of the molecule is Cn1c(CN2CCCCC2)nnc1[C@@H]1CCCN(Cc2ccccc2)C1. The number of piperidine rings is 2. The summed E-state index contributed by atoms with van der Waals surface area (Å²) in [7, 11) is 2.16. The van der Waals surface area contributed by atoms with Crippen LogP contribution in [0.25, 0.3) is 0 Å². The van der Waals surface area contributed by atoms with E-state index in [1.54, 1.807) is 0 Å². The van der Waals surface area contributed by atoms with Crippen molar-refractivity contribution in [2.45, 2.75) is 51.1 Å². The maximum atomic E-state index is 4.61. The summed E-state index contributed by atoms with van der Waals surface area (Å²) in [4.78, 5) is 5.10. The van der Waals surface area contributed by atoms with Crippen LogP contribution >= 0.6 is 0 Å². The zero-order valence-corrected chi connectivity index (χ0v) is 16.0. The van der Waals surface area contributed by atoms with Crippen LogP contribution in [-0.2, 0) is 20.1 Å². The molecule has 0 saturated carbocycles. The first-order chi connectivity index (χ1) is 12.8. The lowest BCUT2D eigenvalue weighted by Crippen LogP contribution is -2.35. The first kappa shape index (κ1) is 17.7. The molecule has 3 heterocycles. The molecule has 2 saturated heterocycles. The fourth-order valence-electron chi connectivity index (χ4n) is 4.44. The van der Waals surface area contributed by atoms with Crippen molar-refractivity contribution < 1.29 is 0 Å². The van der Waals surface area contributed by atoms with Crippen LogP contribution in [-0.4, -0.2) is 50.7 Å². The Hall–Kier alpha value is -1.72. The molecule has 140 valence electrons. The largest absolute Gasteiger partial charge is 0.317 e. The van der Waals surface area contributed by atoms with Gasteiger partial charge in [0.1, 0.15) is 11.6 Å². The minimum atomic E-state index is 0.500. The minimum absolute atomic E-state index is 0.500. The molecule has 2 aliphatic heterocycles. The lowest BCUT2D eigenvalue weighted by atomic mass is 9.96. The Morgan fingerprint density at radius 1 is 0.885 bits per heavy atom. The third-order valence-corrected chi connectivity index (χ3v) is 5.93. The summed E-state index contributed by atoms with van der Waals surface area (Å²) >= 11 is 0. The topological polar surface area (TPSA) is 37.2 Å². The quantitative estimate of drug-likeness (QED) is 0.827. The predicted octanol–water partition coefficient (Wildman–Crippen LogP) is 3.18. The highest BCUT2D eigenvalue weighted by molar-refractivity contribution is 5.15. The summed E-state index contributed by atoms with van der Waals surface area (Å²) in [6, 6.07) is 10.8. The van der Waals surface area contributed by atoms with Crippen LogP contribution in [0.5, 0.6) is 0 Å².